The lowest BCUT2D eigenvalue weighted by Crippen LogP contribution is -2.48. The SMILES string of the molecule is Cc1cc(/C=C2\SC(Nc3ccccc3)N([C@@H]3CCCC[C@@H]3C)C2=O)c(C)n1-c1ccc2ccccc2c1. The first-order valence-electron chi connectivity index (χ1n) is 13.7. The van der Waals surface area contributed by atoms with Crippen molar-refractivity contribution < 1.29 is 4.79 Å². The average Bonchev–Trinajstić information content (AvgIpc) is 3.38. The minimum atomic E-state index is -0.106. The number of hydrogen-bond donors (Lipinski definition) is 1. The number of aromatic nitrogens is 1. The maximum Gasteiger partial charge on any atom is 0.262 e. The van der Waals surface area contributed by atoms with Crippen LogP contribution in [0, 0.1) is 19.8 Å². The van der Waals surface area contributed by atoms with Crippen LogP contribution in [-0.2, 0) is 4.79 Å². The maximum atomic E-state index is 14.0. The molecule has 1 saturated heterocycles. The highest BCUT2D eigenvalue weighted by atomic mass is 32.2. The minimum absolute atomic E-state index is 0.106. The Morgan fingerprint density at radius 2 is 1.63 bits per heavy atom. The predicted octanol–water partition coefficient (Wildman–Crippen LogP) is 8.14. The van der Waals surface area contributed by atoms with Gasteiger partial charge < -0.3 is 14.8 Å². The van der Waals surface area contributed by atoms with Crippen LogP contribution < -0.4 is 5.32 Å². The van der Waals surface area contributed by atoms with E-state index in [9.17, 15) is 4.79 Å². The molecule has 0 spiro atoms. The lowest BCUT2D eigenvalue weighted by molar-refractivity contribution is -0.129. The summed E-state index contributed by atoms with van der Waals surface area (Å²) < 4.78 is 2.30. The lowest BCUT2D eigenvalue weighted by Gasteiger charge is -2.39. The van der Waals surface area contributed by atoms with E-state index in [0.717, 1.165) is 39.7 Å². The number of carbonyl (C=O) groups excluding carboxylic acids is 1. The molecule has 6 rings (SSSR count). The van der Waals surface area contributed by atoms with Gasteiger partial charge in [0.05, 0.1) is 4.91 Å². The quantitative estimate of drug-likeness (QED) is 0.269. The van der Waals surface area contributed by atoms with Gasteiger partial charge in [0.2, 0.25) is 0 Å². The third-order valence-corrected chi connectivity index (χ3v) is 9.29. The van der Waals surface area contributed by atoms with Gasteiger partial charge in [-0.15, -0.1) is 0 Å². The van der Waals surface area contributed by atoms with Gasteiger partial charge in [-0.3, -0.25) is 4.79 Å². The Hall–Kier alpha value is -3.44. The maximum absolute atomic E-state index is 14.0. The summed E-state index contributed by atoms with van der Waals surface area (Å²) in [4.78, 5) is 16.9. The first-order chi connectivity index (χ1) is 18.5. The van der Waals surface area contributed by atoms with E-state index >= 15 is 0 Å². The number of amides is 1. The van der Waals surface area contributed by atoms with Gasteiger partial charge in [0.1, 0.15) is 0 Å². The van der Waals surface area contributed by atoms with Gasteiger partial charge in [0, 0.05) is 28.8 Å². The number of aryl methyl sites for hydroxylation is 1. The number of nitrogens with zero attached hydrogens (tertiary/aromatic N) is 2. The second-order valence-electron chi connectivity index (χ2n) is 10.7. The van der Waals surface area contributed by atoms with Crippen LogP contribution in [-0.4, -0.2) is 26.9 Å². The van der Waals surface area contributed by atoms with Crippen LogP contribution in [0.15, 0.2) is 83.8 Å². The Balaban J connectivity index is 1.35. The fourth-order valence-electron chi connectivity index (χ4n) is 6.16. The van der Waals surface area contributed by atoms with Crippen LogP contribution in [0.2, 0.25) is 0 Å². The molecule has 1 unspecified atom stereocenters. The molecule has 0 radical (unpaired) electrons. The zero-order chi connectivity index (χ0) is 26.2. The van der Waals surface area contributed by atoms with Crippen molar-refractivity contribution in [3.05, 3.63) is 101 Å². The van der Waals surface area contributed by atoms with E-state index in [1.54, 1.807) is 11.8 Å². The summed E-state index contributed by atoms with van der Waals surface area (Å²) in [6.07, 6.45) is 6.81. The molecule has 1 aromatic heterocycles. The number of nitrogens with one attached hydrogen (secondary N) is 1. The number of para-hydroxylation sites is 1. The number of anilines is 1. The summed E-state index contributed by atoms with van der Waals surface area (Å²) in [6.45, 7) is 6.60. The Morgan fingerprint density at radius 3 is 2.42 bits per heavy atom. The van der Waals surface area contributed by atoms with Gasteiger partial charge >= 0.3 is 0 Å². The summed E-state index contributed by atoms with van der Waals surface area (Å²) >= 11 is 1.65. The largest absolute Gasteiger partial charge is 0.356 e. The van der Waals surface area contributed by atoms with Gasteiger partial charge in [0.25, 0.3) is 5.91 Å². The van der Waals surface area contributed by atoms with E-state index in [-0.39, 0.29) is 17.4 Å². The van der Waals surface area contributed by atoms with Crippen molar-refractivity contribution in [1.82, 2.24) is 9.47 Å². The monoisotopic (exact) mass is 521 g/mol. The molecule has 3 atom stereocenters. The molecule has 38 heavy (non-hydrogen) atoms. The summed E-state index contributed by atoms with van der Waals surface area (Å²) in [5, 5.41) is 6.12. The number of carbonyl (C=O) groups is 1. The fraction of sp³-hybridized carbons (Fsp3) is 0.303. The highest BCUT2D eigenvalue weighted by Gasteiger charge is 2.43. The van der Waals surface area contributed by atoms with E-state index in [1.165, 1.54) is 30.0 Å². The molecule has 1 N–H and O–H groups in total. The molecule has 194 valence electrons. The summed E-state index contributed by atoms with van der Waals surface area (Å²) in [5.74, 6) is 0.656. The summed E-state index contributed by atoms with van der Waals surface area (Å²) in [5.41, 5.74) is 5.50. The van der Waals surface area contributed by atoms with Crippen molar-refractivity contribution in [2.75, 3.05) is 5.32 Å². The molecule has 2 heterocycles. The molecule has 3 aromatic carbocycles. The van der Waals surface area contributed by atoms with Crippen LogP contribution >= 0.6 is 11.8 Å². The molecular formula is C33H35N3OS. The average molecular weight is 522 g/mol. The first kappa shape index (κ1) is 24.9. The highest BCUT2D eigenvalue weighted by Crippen LogP contribution is 2.42. The fourth-order valence-corrected chi connectivity index (χ4v) is 7.36. The van der Waals surface area contributed by atoms with Crippen molar-refractivity contribution >= 4 is 40.2 Å². The minimum Gasteiger partial charge on any atom is -0.356 e. The van der Waals surface area contributed by atoms with Crippen LogP contribution in [0.5, 0.6) is 0 Å². The van der Waals surface area contributed by atoms with Crippen LogP contribution in [0.1, 0.15) is 49.6 Å². The Bertz CT molecular complexity index is 1510. The van der Waals surface area contributed by atoms with Crippen LogP contribution in [0.3, 0.4) is 0 Å². The Kier molecular flexibility index (Phi) is 6.79. The number of thioether (sulfide) groups is 1. The topological polar surface area (TPSA) is 37.3 Å². The Morgan fingerprint density at radius 1 is 0.895 bits per heavy atom. The number of benzene rings is 3. The molecule has 1 aliphatic heterocycles. The van der Waals surface area contributed by atoms with E-state index < -0.39 is 0 Å². The predicted molar refractivity (Wildman–Crippen MR) is 160 cm³/mol. The van der Waals surface area contributed by atoms with E-state index in [4.69, 9.17) is 0 Å². The number of fused-ring (bicyclic) bond motifs is 1. The standard InChI is InChI=1S/C33H35N3OS/c1-22-11-7-10-16-30(22)36-32(37)31(38-33(36)34-28-14-5-4-6-15-28)21-27-19-23(2)35(24(27)3)29-18-17-25-12-8-9-13-26(25)20-29/h4-6,8-9,12-15,17-22,30,33-34H,7,10-11,16H2,1-3H3/b31-21-/t22-,30+,33?/m0/s1. The molecule has 5 heteroatoms. The molecular weight excluding hydrogens is 486 g/mol. The molecule has 1 aliphatic carbocycles. The number of hydrogen-bond acceptors (Lipinski definition) is 3. The first-order valence-corrected chi connectivity index (χ1v) is 14.6. The molecule has 2 aliphatic rings. The summed E-state index contributed by atoms with van der Waals surface area (Å²) in [7, 11) is 0. The van der Waals surface area contributed by atoms with Crippen molar-refractivity contribution in [2.24, 2.45) is 5.92 Å². The molecule has 1 saturated carbocycles. The van der Waals surface area contributed by atoms with Gasteiger partial charge in [-0.05, 0) is 85.4 Å². The summed E-state index contributed by atoms with van der Waals surface area (Å²) in [6, 6.07) is 27.8. The van der Waals surface area contributed by atoms with Gasteiger partial charge in [-0.25, -0.2) is 0 Å². The normalized spacial score (nSPS) is 22.9. The molecule has 0 bridgehead atoms. The van der Waals surface area contributed by atoms with E-state index in [0.29, 0.717) is 5.92 Å². The van der Waals surface area contributed by atoms with Crippen molar-refractivity contribution in [2.45, 2.75) is 58.0 Å². The lowest BCUT2D eigenvalue weighted by atomic mass is 9.85. The van der Waals surface area contributed by atoms with Crippen molar-refractivity contribution in [1.29, 1.82) is 0 Å². The van der Waals surface area contributed by atoms with E-state index in [2.05, 4.69) is 102 Å². The zero-order valence-electron chi connectivity index (χ0n) is 22.4. The second kappa shape index (κ2) is 10.4. The highest BCUT2D eigenvalue weighted by molar-refractivity contribution is 8.05. The van der Waals surface area contributed by atoms with Crippen molar-refractivity contribution in [3.8, 4) is 5.69 Å². The van der Waals surface area contributed by atoms with Gasteiger partial charge in [0.15, 0.2) is 5.50 Å². The molecule has 1 amide bonds. The van der Waals surface area contributed by atoms with E-state index in [1.807, 2.05) is 18.2 Å². The van der Waals surface area contributed by atoms with Gasteiger partial charge in [-0.2, -0.15) is 0 Å². The third-order valence-electron chi connectivity index (χ3n) is 8.17. The smallest absolute Gasteiger partial charge is 0.262 e. The second-order valence-corrected chi connectivity index (χ2v) is 11.8. The van der Waals surface area contributed by atoms with Crippen molar-refractivity contribution in [3.63, 3.8) is 0 Å². The molecule has 4 nitrogen and oxygen atoms in total. The molecule has 4 aromatic rings. The third kappa shape index (κ3) is 4.64. The van der Waals surface area contributed by atoms with Crippen LogP contribution in [0.25, 0.3) is 22.5 Å². The Labute approximate surface area is 229 Å². The number of rotatable bonds is 5. The van der Waals surface area contributed by atoms with Gasteiger partial charge in [-0.1, -0.05) is 80.1 Å². The zero-order valence-corrected chi connectivity index (χ0v) is 23.2. The molecule has 2 fully saturated rings. The van der Waals surface area contributed by atoms with Crippen LogP contribution in [0.4, 0.5) is 5.69 Å².